The Balaban J connectivity index is 1.56. The lowest BCUT2D eigenvalue weighted by Crippen LogP contribution is -2.04. The number of halogens is 6. The second kappa shape index (κ2) is 7.52. The lowest BCUT2D eigenvalue weighted by Gasteiger charge is -2.04. The van der Waals surface area contributed by atoms with Crippen LogP contribution < -0.4 is 0 Å². The van der Waals surface area contributed by atoms with Gasteiger partial charge in [-0.05, 0) is 36.4 Å². The van der Waals surface area contributed by atoms with Gasteiger partial charge in [0.2, 0.25) is 0 Å². The minimum absolute atomic E-state index is 0.0343. The molecular formula is C19H12F6N6. The average Bonchev–Trinajstić information content (AvgIpc) is 3.38. The molecule has 4 aromatic rings. The summed E-state index contributed by atoms with van der Waals surface area (Å²) in [6.45, 7) is 0. The van der Waals surface area contributed by atoms with Crippen LogP contribution in [0.1, 0.15) is 22.8 Å². The maximum Gasteiger partial charge on any atom is 0.432 e. The van der Waals surface area contributed by atoms with Crippen LogP contribution in [0.4, 0.5) is 26.3 Å². The zero-order valence-electron chi connectivity index (χ0n) is 15.4. The Bertz CT molecular complexity index is 1110. The summed E-state index contributed by atoms with van der Waals surface area (Å²) in [7, 11) is 0. The monoisotopic (exact) mass is 438 g/mol. The van der Waals surface area contributed by atoms with E-state index in [0.717, 1.165) is 12.1 Å². The quantitative estimate of drug-likeness (QED) is 0.445. The molecule has 0 radical (unpaired) electrons. The third-order valence-electron chi connectivity index (χ3n) is 4.27. The van der Waals surface area contributed by atoms with Gasteiger partial charge in [0.15, 0.2) is 0 Å². The van der Waals surface area contributed by atoms with E-state index in [4.69, 9.17) is 0 Å². The lowest BCUT2D eigenvalue weighted by molar-refractivity contribution is -0.142. The van der Waals surface area contributed by atoms with E-state index in [-0.39, 0.29) is 29.2 Å². The van der Waals surface area contributed by atoms with Gasteiger partial charge < -0.3 is 0 Å². The number of alkyl halides is 6. The Morgan fingerprint density at radius 2 is 1.03 bits per heavy atom. The van der Waals surface area contributed by atoms with Crippen molar-refractivity contribution in [1.82, 2.24) is 30.4 Å². The van der Waals surface area contributed by atoms with Crippen LogP contribution in [0, 0.1) is 0 Å². The standard InChI is InChI=1S/C19H12F6N6/c20-18(21,22)16-8-14(28-30-16)12-5-1-3-10(26-12)7-11-4-2-6-13(27-11)15-9-17(31-29-15)19(23,24)25/h1-6,8-9H,7H2,(H,28,30)(H,29,31). The molecule has 6 nitrogen and oxygen atoms in total. The Hall–Kier alpha value is -3.70. The first kappa shape index (κ1) is 20.6. The van der Waals surface area contributed by atoms with Crippen molar-refractivity contribution < 1.29 is 26.3 Å². The first-order valence-electron chi connectivity index (χ1n) is 8.77. The fraction of sp³-hybridized carbons (Fsp3) is 0.158. The first-order chi connectivity index (χ1) is 14.6. The summed E-state index contributed by atoms with van der Waals surface area (Å²) >= 11 is 0. The third kappa shape index (κ3) is 4.57. The van der Waals surface area contributed by atoms with E-state index in [2.05, 4.69) is 20.2 Å². The van der Waals surface area contributed by atoms with E-state index in [9.17, 15) is 26.3 Å². The molecule has 0 amide bonds. The van der Waals surface area contributed by atoms with Crippen molar-refractivity contribution in [3.8, 4) is 22.8 Å². The number of aromatic amines is 2. The Morgan fingerprint density at radius 1 is 0.613 bits per heavy atom. The number of nitrogens with zero attached hydrogens (tertiary/aromatic N) is 4. The van der Waals surface area contributed by atoms with Gasteiger partial charge in [0.05, 0.1) is 11.4 Å². The van der Waals surface area contributed by atoms with E-state index < -0.39 is 23.7 Å². The fourth-order valence-electron chi connectivity index (χ4n) is 2.82. The molecule has 0 fully saturated rings. The molecule has 0 aromatic carbocycles. The second-order valence-corrected chi connectivity index (χ2v) is 6.53. The van der Waals surface area contributed by atoms with Crippen LogP contribution in [0.25, 0.3) is 22.8 Å². The molecule has 4 rings (SSSR count). The number of nitrogens with one attached hydrogen (secondary N) is 2. The van der Waals surface area contributed by atoms with Gasteiger partial charge in [-0.3, -0.25) is 20.2 Å². The average molecular weight is 438 g/mol. The molecule has 0 saturated carbocycles. The summed E-state index contributed by atoms with van der Waals surface area (Å²) in [6, 6.07) is 11.3. The summed E-state index contributed by atoms with van der Waals surface area (Å²) in [4.78, 5) is 8.62. The van der Waals surface area contributed by atoms with Crippen molar-refractivity contribution in [2.45, 2.75) is 18.8 Å². The smallest absolute Gasteiger partial charge is 0.273 e. The molecule has 160 valence electrons. The highest BCUT2D eigenvalue weighted by atomic mass is 19.4. The van der Waals surface area contributed by atoms with Crippen molar-refractivity contribution in [2.75, 3.05) is 0 Å². The zero-order valence-corrected chi connectivity index (χ0v) is 15.4. The molecule has 0 saturated heterocycles. The van der Waals surface area contributed by atoms with Gasteiger partial charge in [0, 0.05) is 17.8 Å². The number of pyridine rings is 2. The van der Waals surface area contributed by atoms with E-state index in [1.807, 2.05) is 10.2 Å². The second-order valence-electron chi connectivity index (χ2n) is 6.53. The van der Waals surface area contributed by atoms with Gasteiger partial charge in [-0.1, -0.05) is 12.1 Å². The highest BCUT2D eigenvalue weighted by Gasteiger charge is 2.34. The number of aromatic nitrogens is 6. The predicted octanol–water partition coefficient (Wildman–Crippen LogP) is 4.89. The molecular weight excluding hydrogens is 426 g/mol. The van der Waals surface area contributed by atoms with E-state index in [1.54, 1.807) is 24.3 Å². The van der Waals surface area contributed by atoms with Crippen LogP contribution in [0.3, 0.4) is 0 Å². The van der Waals surface area contributed by atoms with Gasteiger partial charge in [-0.2, -0.15) is 36.5 Å². The number of hydrogen-bond donors (Lipinski definition) is 2. The van der Waals surface area contributed by atoms with Crippen molar-refractivity contribution in [2.24, 2.45) is 0 Å². The predicted molar refractivity (Wildman–Crippen MR) is 96.4 cm³/mol. The first-order valence-corrected chi connectivity index (χ1v) is 8.77. The summed E-state index contributed by atoms with van der Waals surface area (Å²) < 4.78 is 76.6. The van der Waals surface area contributed by atoms with Crippen molar-refractivity contribution in [1.29, 1.82) is 0 Å². The molecule has 31 heavy (non-hydrogen) atoms. The lowest BCUT2D eigenvalue weighted by atomic mass is 10.1. The van der Waals surface area contributed by atoms with Crippen molar-refractivity contribution in [3.63, 3.8) is 0 Å². The maximum absolute atomic E-state index is 12.8. The summed E-state index contributed by atoms with van der Waals surface area (Å²) in [5.41, 5.74) is -0.430. The molecule has 0 aliphatic carbocycles. The van der Waals surface area contributed by atoms with Gasteiger partial charge in [0.1, 0.15) is 22.8 Å². The Kier molecular flexibility index (Phi) is 4.99. The summed E-state index contributed by atoms with van der Waals surface area (Å²) in [5.74, 6) is 0. The molecule has 0 aliphatic heterocycles. The number of hydrogen-bond acceptors (Lipinski definition) is 4. The molecule has 0 aliphatic rings. The molecule has 4 aromatic heterocycles. The molecule has 0 bridgehead atoms. The third-order valence-corrected chi connectivity index (χ3v) is 4.27. The SMILES string of the molecule is FC(F)(F)c1cc(-c2cccc(Cc3cccc(-c4cc(C(F)(F)F)[nH]n4)n3)n2)n[nH]1. The van der Waals surface area contributed by atoms with E-state index >= 15 is 0 Å². The van der Waals surface area contributed by atoms with Gasteiger partial charge >= 0.3 is 12.4 Å². The molecule has 2 N–H and O–H groups in total. The maximum atomic E-state index is 12.8. The van der Waals surface area contributed by atoms with Crippen LogP contribution in [0.2, 0.25) is 0 Å². The van der Waals surface area contributed by atoms with Crippen molar-refractivity contribution >= 4 is 0 Å². The van der Waals surface area contributed by atoms with Crippen LogP contribution in [0.5, 0.6) is 0 Å². The normalized spacial score (nSPS) is 12.3. The minimum Gasteiger partial charge on any atom is -0.273 e. The van der Waals surface area contributed by atoms with Gasteiger partial charge in [0.25, 0.3) is 0 Å². The van der Waals surface area contributed by atoms with Crippen LogP contribution in [-0.2, 0) is 18.8 Å². The highest BCUT2D eigenvalue weighted by Crippen LogP contribution is 2.31. The highest BCUT2D eigenvalue weighted by molar-refractivity contribution is 5.56. The fourth-order valence-corrected chi connectivity index (χ4v) is 2.82. The van der Waals surface area contributed by atoms with E-state index in [0.29, 0.717) is 11.4 Å². The molecule has 0 spiro atoms. The molecule has 0 unspecified atom stereocenters. The van der Waals surface area contributed by atoms with Crippen LogP contribution in [0.15, 0.2) is 48.5 Å². The van der Waals surface area contributed by atoms with Crippen LogP contribution in [-0.4, -0.2) is 30.4 Å². The van der Waals surface area contributed by atoms with Crippen LogP contribution >= 0.6 is 0 Å². The Labute approximate surface area is 170 Å². The topological polar surface area (TPSA) is 83.1 Å². The molecule has 0 atom stereocenters. The Morgan fingerprint density at radius 3 is 1.39 bits per heavy atom. The minimum atomic E-state index is -4.55. The van der Waals surface area contributed by atoms with E-state index in [1.165, 1.54) is 12.1 Å². The summed E-state index contributed by atoms with van der Waals surface area (Å²) in [6.07, 6.45) is -8.90. The van der Waals surface area contributed by atoms with Gasteiger partial charge in [-0.25, -0.2) is 0 Å². The number of rotatable bonds is 4. The molecule has 12 heteroatoms. The molecule has 4 heterocycles. The van der Waals surface area contributed by atoms with Gasteiger partial charge in [-0.15, -0.1) is 0 Å². The number of H-pyrrole nitrogens is 2. The van der Waals surface area contributed by atoms with Crippen molar-refractivity contribution in [3.05, 3.63) is 71.3 Å². The summed E-state index contributed by atoms with van der Waals surface area (Å²) in [5, 5.41) is 11.2. The zero-order chi connectivity index (χ0) is 22.2. The largest absolute Gasteiger partial charge is 0.432 e.